The number of thiophene rings is 1. The number of benzene rings is 3. The van der Waals surface area contributed by atoms with Crippen molar-refractivity contribution in [1.82, 2.24) is 4.90 Å². The molecule has 0 saturated carbocycles. The molecule has 3 aromatic carbocycles. The van der Waals surface area contributed by atoms with E-state index in [2.05, 4.69) is 10.2 Å². The number of anilines is 2. The first-order chi connectivity index (χ1) is 19.4. The molecule has 2 aliphatic rings. The van der Waals surface area contributed by atoms with Crippen molar-refractivity contribution in [3.05, 3.63) is 59.0 Å². The molecule has 3 heterocycles. The molecular weight excluding hydrogens is 550 g/mol. The van der Waals surface area contributed by atoms with Crippen molar-refractivity contribution in [3.8, 4) is 11.5 Å². The van der Waals surface area contributed by atoms with Crippen molar-refractivity contribution < 1.29 is 24.2 Å². The van der Waals surface area contributed by atoms with Crippen LogP contribution in [0.15, 0.2) is 48.5 Å². The second-order valence-electron chi connectivity index (χ2n) is 10.1. The van der Waals surface area contributed by atoms with Gasteiger partial charge in [-0.05, 0) is 58.8 Å². The molecule has 40 heavy (non-hydrogen) atoms. The third-order valence-corrected chi connectivity index (χ3v) is 9.12. The van der Waals surface area contributed by atoms with E-state index in [1.54, 1.807) is 24.1 Å². The number of ether oxygens (including phenoxy) is 2. The predicted molar refractivity (Wildman–Crippen MR) is 160 cm³/mol. The minimum absolute atomic E-state index is 0.0400. The molecular formula is C30H30ClN3O5S. The van der Waals surface area contributed by atoms with Gasteiger partial charge in [-0.25, -0.2) is 0 Å². The molecule has 1 fully saturated rings. The number of halogens is 1. The number of nitrogens with zero attached hydrogens (tertiary/aromatic N) is 2. The fraction of sp³-hybridized carbons (Fsp3) is 0.333. The highest BCUT2D eigenvalue weighted by Crippen LogP contribution is 2.47. The average Bonchev–Trinajstić information content (AvgIpc) is 3.57. The second-order valence-corrected chi connectivity index (χ2v) is 11.5. The number of morpholine rings is 1. The number of phenols is 1. The molecule has 1 aromatic heterocycles. The number of fused-ring (bicyclic) bond motifs is 4. The summed E-state index contributed by atoms with van der Waals surface area (Å²) in [6.07, 6.45) is 0.412. The van der Waals surface area contributed by atoms with Crippen molar-refractivity contribution in [2.24, 2.45) is 0 Å². The molecule has 1 saturated heterocycles. The smallest absolute Gasteiger partial charge is 0.268 e. The van der Waals surface area contributed by atoms with Crippen molar-refractivity contribution in [1.29, 1.82) is 0 Å². The Kier molecular flexibility index (Phi) is 7.55. The number of nitrogens with one attached hydrogen (secondary N) is 1. The van der Waals surface area contributed by atoms with Crippen LogP contribution in [0.5, 0.6) is 11.5 Å². The number of rotatable bonds is 7. The van der Waals surface area contributed by atoms with Crippen LogP contribution in [-0.4, -0.2) is 74.2 Å². The fourth-order valence-electron chi connectivity index (χ4n) is 5.57. The lowest BCUT2D eigenvalue weighted by molar-refractivity contribution is -0.116. The van der Waals surface area contributed by atoms with Gasteiger partial charge in [0.25, 0.3) is 5.91 Å². The zero-order valence-corrected chi connectivity index (χ0v) is 23.7. The Hall–Kier alpha value is -3.37. The van der Waals surface area contributed by atoms with E-state index >= 15 is 0 Å². The van der Waals surface area contributed by atoms with E-state index < -0.39 is 0 Å². The summed E-state index contributed by atoms with van der Waals surface area (Å²) in [7, 11) is 1.60. The van der Waals surface area contributed by atoms with Crippen molar-refractivity contribution >= 4 is 67.0 Å². The van der Waals surface area contributed by atoms with Gasteiger partial charge in [0, 0.05) is 66.2 Å². The molecule has 8 nitrogen and oxygen atoms in total. The van der Waals surface area contributed by atoms with E-state index in [0.717, 1.165) is 34.1 Å². The Bertz CT molecular complexity index is 1600. The van der Waals surface area contributed by atoms with Crippen LogP contribution < -0.4 is 15.0 Å². The molecule has 2 N–H and O–H groups in total. The SMILES string of the molecule is COc1ccc2c(O)cc3c(c2c1)[C@H](CCl)CN3C(=O)c1cc2cc(NC(=O)CCN3CCOCC3)ccc2s1. The molecule has 10 heteroatoms. The van der Waals surface area contributed by atoms with Crippen LogP contribution in [0.2, 0.25) is 0 Å². The lowest BCUT2D eigenvalue weighted by Gasteiger charge is -2.26. The Balaban J connectivity index is 1.23. The summed E-state index contributed by atoms with van der Waals surface area (Å²) in [5.74, 6) is 0.857. The lowest BCUT2D eigenvalue weighted by Crippen LogP contribution is -2.38. The number of phenolic OH excluding ortho intramolecular Hbond substituents is 1. The van der Waals surface area contributed by atoms with Crippen LogP contribution in [0, 0.1) is 0 Å². The van der Waals surface area contributed by atoms with Gasteiger partial charge in [0.05, 0.1) is 30.9 Å². The monoisotopic (exact) mass is 579 g/mol. The number of carbonyl (C=O) groups excluding carboxylic acids is 2. The van der Waals surface area contributed by atoms with E-state index in [1.807, 2.05) is 36.4 Å². The Morgan fingerprint density at radius 3 is 2.73 bits per heavy atom. The zero-order valence-electron chi connectivity index (χ0n) is 22.1. The van der Waals surface area contributed by atoms with Gasteiger partial charge in [-0.2, -0.15) is 0 Å². The first-order valence-corrected chi connectivity index (χ1v) is 14.6. The summed E-state index contributed by atoms with van der Waals surface area (Å²) in [6.45, 7) is 4.24. The Labute approximate surface area is 241 Å². The average molecular weight is 580 g/mol. The highest BCUT2D eigenvalue weighted by atomic mass is 35.5. The lowest BCUT2D eigenvalue weighted by atomic mass is 9.95. The van der Waals surface area contributed by atoms with Crippen LogP contribution in [0.4, 0.5) is 11.4 Å². The molecule has 1 atom stereocenters. The topological polar surface area (TPSA) is 91.3 Å². The third-order valence-electron chi connectivity index (χ3n) is 7.65. The van der Waals surface area contributed by atoms with Gasteiger partial charge < -0.3 is 24.8 Å². The molecule has 2 aliphatic heterocycles. The van der Waals surface area contributed by atoms with E-state index in [0.29, 0.717) is 66.0 Å². The second kappa shape index (κ2) is 11.2. The largest absolute Gasteiger partial charge is 0.507 e. The summed E-state index contributed by atoms with van der Waals surface area (Å²) >= 11 is 7.79. The highest BCUT2D eigenvalue weighted by Gasteiger charge is 2.35. The molecule has 0 aliphatic carbocycles. The molecule has 0 spiro atoms. The van der Waals surface area contributed by atoms with Crippen molar-refractivity contribution in [2.45, 2.75) is 12.3 Å². The molecule has 6 rings (SSSR count). The first-order valence-electron chi connectivity index (χ1n) is 13.3. The van der Waals surface area contributed by atoms with Crippen LogP contribution in [0.1, 0.15) is 27.6 Å². The first kappa shape index (κ1) is 26.8. The highest BCUT2D eigenvalue weighted by molar-refractivity contribution is 7.20. The maximum atomic E-state index is 13.8. The molecule has 0 radical (unpaired) electrons. The van der Waals surface area contributed by atoms with Gasteiger partial charge in [0.1, 0.15) is 11.5 Å². The number of methoxy groups -OCH3 is 1. The minimum Gasteiger partial charge on any atom is -0.507 e. The molecule has 208 valence electrons. The van der Waals surface area contributed by atoms with E-state index in [1.165, 1.54) is 11.3 Å². The van der Waals surface area contributed by atoms with Gasteiger partial charge >= 0.3 is 0 Å². The van der Waals surface area contributed by atoms with Crippen LogP contribution >= 0.6 is 22.9 Å². The maximum absolute atomic E-state index is 13.8. The van der Waals surface area contributed by atoms with E-state index in [-0.39, 0.29) is 23.5 Å². The van der Waals surface area contributed by atoms with Gasteiger partial charge in [-0.15, -0.1) is 22.9 Å². The van der Waals surface area contributed by atoms with Crippen LogP contribution in [0.3, 0.4) is 0 Å². The maximum Gasteiger partial charge on any atom is 0.268 e. The summed E-state index contributed by atoms with van der Waals surface area (Å²) in [5, 5.41) is 16.2. The summed E-state index contributed by atoms with van der Waals surface area (Å²) in [5.41, 5.74) is 2.31. The van der Waals surface area contributed by atoms with E-state index in [9.17, 15) is 14.7 Å². The van der Waals surface area contributed by atoms with Gasteiger partial charge in [-0.1, -0.05) is 0 Å². The van der Waals surface area contributed by atoms with E-state index in [4.69, 9.17) is 21.1 Å². The Morgan fingerprint density at radius 1 is 1.12 bits per heavy atom. The number of alkyl halides is 1. The van der Waals surface area contributed by atoms with Gasteiger partial charge in [-0.3, -0.25) is 14.5 Å². The number of amides is 2. The number of carbonyl (C=O) groups is 2. The fourth-order valence-corrected chi connectivity index (χ4v) is 6.81. The third kappa shape index (κ3) is 5.10. The van der Waals surface area contributed by atoms with Gasteiger partial charge in [0.15, 0.2) is 0 Å². The summed E-state index contributed by atoms with van der Waals surface area (Å²) < 4.78 is 11.7. The Morgan fingerprint density at radius 2 is 1.95 bits per heavy atom. The molecule has 2 amide bonds. The van der Waals surface area contributed by atoms with Crippen molar-refractivity contribution in [2.75, 3.05) is 62.6 Å². The molecule has 4 aromatic rings. The quantitative estimate of drug-likeness (QED) is 0.284. The summed E-state index contributed by atoms with van der Waals surface area (Å²) in [4.78, 5) is 30.9. The molecule has 0 unspecified atom stereocenters. The normalized spacial score (nSPS) is 17.4. The van der Waals surface area contributed by atoms with Crippen LogP contribution in [0.25, 0.3) is 20.9 Å². The number of aromatic hydroxyl groups is 1. The van der Waals surface area contributed by atoms with Crippen molar-refractivity contribution in [3.63, 3.8) is 0 Å². The standard InChI is InChI=1S/C30H30ClN3O5S/c1-38-21-3-4-22-23(14-21)29-19(16-31)17-34(24(29)15-25(22)35)30(37)27-13-18-12-20(2-5-26(18)40-27)32-28(36)6-7-33-8-10-39-11-9-33/h2-5,12-15,19,35H,6-11,16-17H2,1H3,(H,32,36)/t19-/m1/s1. The molecule has 0 bridgehead atoms. The zero-order chi connectivity index (χ0) is 27.8. The van der Waals surface area contributed by atoms with Crippen LogP contribution in [-0.2, 0) is 9.53 Å². The number of hydrogen-bond acceptors (Lipinski definition) is 7. The predicted octanol–water partition coefficient (Wildman–Crippen LogP) is 5.41. The summed E-state index contributed by atoms with van der Waals surface area (Å²) in [6, 6.07) is 14.7. The van der Waals surface area contributed by atoms with Gasteiger partial charge in [0.2, 0.25) is 5.91 Å². The number of hydrogen-bond donors (Lipinski definition) is 2. The minimum atomic E-state index is -0.146.